The molecule has 11 heteroatoms. The highest BCUT2D eigenvalue weighted by Crippen LogP contribution is 2.28. The Morgan fingerprint density at radius 1 is 1.30 bits per heavy atom. The zero-order valence-corrected chi connectivity index (χ0v) is 11.6. The van der Waals surface area contributed by atoms with Crippen LogP contribution in [0.3, 0.4) is 0 Å². The number of alkyl halides is 3. The molecular formula is C12H9F3N6O2. The lowest BCUT2D eigenvalue weighted by atomic mass is 10.3. The lowest BCUT2D eigenvalue weighted by Gasteiger charge is -2.07. The summed E-state index contributed by atoms with van der Waals surface area (Å²) in [6, 6.07) is 2.80. The van der Waals surface area contributed by atoms with Gasteiger partial charge in [-0.15, -0.1) is 0 Å². The predicted molar refractivity (Wildman–Crippen MR) is 69.2 cm³/mol. The average Bonchev–Trinajstić information content (AvgIpc) is 3.16. The first-order chi connectivity index (χ1) is 10.8. The monoisotopic (exact) mass is 326 g/mol. The number of nitrogens with zero attached hydrogens (tertiary/aromatic N) is 5. The number of aromatic nitrogens is 6. The second-order valence-corrected chi connectivity index (χ2v) is 4.62. The van der Waals surface area contributed by atoms with Crippen LogP contribution in [0.5, 0.6) is 0 Å². The van der Waals surface area contributed by atoms with Crippen molar-refractivity contribution < 1.29 is 17.7 Å². The van der Waals surface area contributed by atoms with Gasteiger partial charge in [0.25, 0.3) is 11.4 Å². The van der Waals surface area contributed by atoms with Crippen LogP contribution >= 0.6 is 0 Å². The number of hydrogen-bond donors (Lipinski definition) is 1. The fraction of sp³-hybridized carbons (Fsp3) is 0.250. The van der Waals surface area contributed by atoms with Crippen LogP contribution < -0.4 is 5.56 Å². The molecule has 0 aliphatic rings. The lowest BCUT2D eigenvalue weighted by Crippen LogP contribution is -2.11. The molecule has 0 fully saturated rings. The Bertz CT molecular complexity index is 861. The van der Waals surface area contributed by atoms with Gasteiger partial charge in [0.2, 0.25) is 5.82 Å². The Hall–Kier alpha value is -2.98. The summed E-state index contributed by atoms with van der Waals surface area (Å²) in [6.45, 7) is 1.56. The van der Waals surface area contributed by atoms with Crippen LogP contribution in [0.25, 0.3) is 11.5 Å². The van der Waals surface area contributed by atoms with Crippen molar-refractivity contribution in [3.63, 3.8) is 0 Å². The number of hydrogen-bond acceptors (Lipinski definition) is 6. The predicted octanol–water partition coefficient (Wildman–Crippen LogP) is 1.64. The van der Waals surface area contributed by atoms with Gasteiger partial charge >= 0.3 is 6.18 Å². The van der Waals surface area contributed by atoms with E-state index in [1.807, 2.05) is 0 Å². The van der Waals surface area contributed by atoms with Crippen LogP contribution in [0.1, 0.15) is 24.6 Å². The molecule has 0 amide bonds. The molecule has 3 heterocycles. The molecule has 0 aliphatic carbocycles. The van der Waals surface area contributed by atoms with Crippen molar-refractivity contribution in [2.24, 2.45) is 0 Å². The van der Waals surface area contributed by atoms with E-state index in [-0.39, 0.29) is 23.0 Å². The summed E-state index contributed by atoms with van der Waals surface area (Å²) < 4.78 is 43.8. The summed E-state index contributed by atoms with van der Waals surface area (Å²) in [6.07, 6.45) is -3.35. The largest absolute Gasteiger partial charge is 0.435 e. The third-order valence-corrected chi connectivity index (χ3v) is 3.00. The molecule has 1 atom stereocenters. The first kappa shape index (κ1) is 14.9. The molecule has 0 saturated carbocycles. The van der Waals surface area contributed by atoms with Gasteiger partial charge < -0.3 is 4.52 Å². The minimum absolute atomic E-state index is 0.0600. The standard InChI is InChI=1S/C12H9F3N6O2/c1-6(21-5-4-8(19-21)12(13,14)15)11-16-10(20-23-11)7-2-3-9(22)18-17-7/h2-6H,1H3,(H,18,22). The van der Waals surface area contributed by atoms with E-state index in [1.54, 1.807) is 6.92 Å². The van der Waals surface area contributed by atoms with Crippen LogP contribution in [-0.4, -0.2) is 30.1 Å². The van der Waals surface area contributed by atoms with Crippen molar-refractivity contribution in [1.29, 1.82) is 0 Å². The van der Waals surface area contributed by atoms with Crippen LogP contribution in [0.4, 0.5) is 13.2 Å². The van der Waals surface area contributed by atoms with E-state index < -0.39 is 17.9 Å². The molecule has 0 bridgehead atoms. The first-order valence-corrected chi connectivity index (χ1v) is 6.36. The minimum atomic E-state index is -4.52. The Morgan fingerprint density at radius 3 is 2.70 bits per heavy atom. The molecule has 3 aromatic rings. The fourth-order valence-electron chi connectivity index (χ4n) is 1.80. The molecule has 0 saturated heterocycles. The van der Waals surface area contributed by atoms with Crippen molar-refractivity contribution in [2.75, 3.05) is 0 Å². The van der Waals surface area contributed by atoms with Crippen molar-refractivity contribution in [3.8, 4) is 11.5 Å². The number of rotatable bonds is 3. The molecule has 3 aromatic heterocycles. The third-order valence-electron chi connectivity index (χ3n) is 3.00. The third kappa shape index (κ3) is 2.98. The van der Waals surface area contributed by atoms with E-state index >= 15 is 0 Å². The van der Waals surface area contributed by atoms with Gasteiger partial charge in [-0.1, -0.05) is 5.16 Å². The summed E-state index contributed by atoms with van der Waals surface area (Å²) in [5, 5.41) is 13.1. The summed E-state index contributed by atoms with van der Waals surface area (Å²) in [7, 11) is 0. The van der Waals surface area contributed by atoms with Crippen molar-refractivity contribution >= 4 is 0 Å². The van der Waals surface area contributed by atoms with Gasteiger partial charge in [-0.2, -0.15) is 28.4 Å². The average molecular weight is 326 g/mol. The van der Waals surface area contributed by atoms with Crippen molar-refractivity contribution in [1.82, 2.24) is 30.1 Å². The van der Waals surface area contributed by atoms with Gasteiger partial charge in [-0.05, 0) is 19.1 Å². The number of aromatic amines is 1. The second kappa shape index (κ2) is 5.34. The molecule has 3 rings (SSSR count). The van der Waals surface area contributed by atoms with Gasteiger partial charge in [-0.25, -0.2) is 5.10 Å². The van der Waals surface area contributed by atoms with Gasteiger partial charge in [0.05, 0.1) is 0 Å². The molecule has 0 radical (unpaired) electrons. The highest BCUT2D eigenvalue weighted by Gasteiger charge is 2.34. The molecule has 0 aliphatic heterocycles. The quantitative estimate of drug-likeness (QED) is 0.785. The van der Waals surface area contributed by atoms with Crippen LogP contribution in [0, 0.1) is 0 Å². The zero-order valence-electron chi connectivity index (χ0n) is 11.6. The lowest BCUT2D eigenvalue weighted by molar-refractivity contribution is -0.141. The number of nitrogens with one attached hydrogen (secondary N) is 1. The second-order valence-electron chi connectivity index (χ2n) is 4.62. The maximum atomic E-state index is 12.6. The smallest absolute Gasteiger partial charge is 0.337 e. The molecule has 0 spiro atoms. The van der Waals surface area contributed by atoms with Crippen LogP contribution in [0.2, 0.25) is 0 Å². The molecular weight excluding hydrogens is 317 g/mol. The van der Waals surface area contributed by atoms with E-state index in [0.29, 0.717) is 0 Å². The van der Waals surface area contributed by atoms with Crippen molar-refractivity contribution in [2.45, 2.75) is 19.1 Å². The SMILES string of the molecule is CC(c1nc(-c2ccc(=O)[nH]n2)no1)n1ccc(C(F)(F)F)n1. The van der Waals surface area contributed by atoms with E-state index in [4.69, 9.17) is 4.52 Å². The van der Waals surface area contributed by atoms with Gasteiger partial charge in [0.1, 0.15) is 11.7 Å². The zero-order chi connectivity index (χ0) is 16.6. The van der Waals surface area contributed by atoms with Crippen LogP contribution in [0.15, 0.2) is 33.7 Å². The van der Waals surface area contributed by atoms with E-state index in [2.05, 4.69) is 25.4 Å². The van der Waals surface area contributed by atoms with Gasteiger partial charge in [0.15, 0.2) is 5.69 Å². The molecule has 1 unspecified atom stereocenters. The molecule has 1 N–H and O–H groups in total. The highest BCUT2D eigenvalue weighted by atomic mass is 19.4. The number of H-pyrrole nitrogens is 1. The summed E-state index contributed by atoms with van der Waals surface area (Å²) >= 11 is 0. The normalized spacial score (nSPS) is 13.2. The summed E-state index contributed by atoms with van der Waals surface area (Å²) in [5.41, 5.74) is -1.13. The molecule has 23 heavy (non-hydrogen) atoms. The Kier molecular flexibility index (Phi) is 3.47. The molecule has 120 valence electrons. The highest BCUT2D eigenvalue weighted by molar-refractivity contribution is 5.46. The Balaban J connectivity index is 1.86. The summed E-state index contributed by atoms with van der Waals surface area (Å²) in [4.78, 5) is 15.0. The van der Waals surface area contributed by atoms with Crippen molar-refractivity contribution in [3.05, 3.63) is 46.3 Å². The van der Waals surface area contributed by atoms with Gasteiger partial charge in [-0.3, -0.25) is 9.48 Å². The van der Waals surface area contributed by atoms with E-state index in [0.717, 1.165) is 10.7 Å². The van der Waals surface area contributed by atoms with Crippen LogP contribution in [-0.2, 0) is 6.18 Å². The molecule has 0 aromatic carbocycles. The molecule has 8 nitrogen and oxygen atoms in total. The van der Waals surface area contributed by atoms with E-state index in [1.165, 1.54) is 18.3 Å². The van der Waals surface area contributed by atoms with E-state index in [9.17, 15) is 18.0 Å². The number of halogens is 3. The Morgan fingerprint density at radius 2 is 2.09 bits per heavy atom. The summed E-state index contributed by atoms with van der Waals surface area (Å²) in [5.74, 6) is 0.163. The maximum absolute atomic E-state index is 12.6. The van der Waals surface area contributed by atoms with Gasteiger partial charge in [0, 0.05) is 12.3 Å². The Labute approximate surface area is 125 Å². The minimum Gasteiger partial charge on any atom is -0.337 e. The first-order valence-electron chi connectivity index (χ1n) is 6.36. The fourth-order valence-corrected chi connectivity index (χ4v) is 1.80. The topological polar surface area (TPSA) is 102 Å². The maximum Gasteiger partial charge on any atom is 0.435 e.